The van der Waals surface area contributed by atoms with Gasteiger partial charge in [0.05, 0.1) is 12.7 Å². The molecule has 74 valence electrons. The molecule has 0 aliphatic carbocycles. The van der Waals surface area contributed by atoms with Crippen molar-refractivity contribution in [1.29, 1.82) is 0 Å². The molecule has 1 aromatic rings. The Kier molecular flexibility index (Phi) is 1.95. The van der Waals surface area contributed by atoms with Crippen molar-refractivity contribution < 1.29 is 9.47 Å². The molecule has 0 aromatic heterocycles. The van der Waals surface area contributed by atoms with E-state index in [1.54, 1.807) is 0 Å². The van der Waals surface area contributed by atoms with Crippen molar-refractivity contribution in [3.05, 3.63) is 29.8 Å². The van der Waals surface area contributed by atoms with Crippen LogP contribution in [0.4, 0.5) is 0 Å². The number of benzene rings is 1. The van der Waals surface area contributed by atoms with Gasteiger partial charge >= 0.3 is 0 Å². The molecule has 2 atom stereocenters. The van der Waals surface area contributed by atoms with Crippen LogP contribution in [0.5, 0.6) is 5.75 Å². The van der Waals surface area contributed by atoms with E-state index in [0.29, 0.717) is 5.92 Å². The second-order valence-corrected chi connectivity index (χ2v) is 4.04. The molecule has 2 nitrogen and oxygen atoms in total. The van der Waals surface area contributed by atoms with Crippen LogP contribution < -0.4 is 4.74 Å². The van der Waals surface area contributed by atoms with Crippen LogP contribution in [0.2, 0.25) is 0 Å². The smallest absolute Gasteiger partial charge is 0.125 e. The molecule has 1 aromatic carbocycles. The highest BCUT2D eigenvalue weighted by Crippen LogP contribution is 2.41. The van der Waals surface area contributed by atoms with Gasteiger partial charge in [-0.15, -0.1) is 0 Å². The summed E-state index contributed by atoms with van der Waals surface area (Å²) in [6, 6.07) is 8.23. The van der Waals surface area contributed by atoms with Crippen molar-refractivity contribution in [1.82, 2.24) is 0 Å². The standard InChI is InChI=1S/C12H14O2/c1-2-6-11-10(5-1)12-9(8-14-11)4-3-7-13-12/h1-2,5-6,9,12H,3-4,7-8H2. The fourth-order valence-electron chi connectivity index (χ4n) is 2.40. The maximum absolute atomic E-state index is 5.83. The highest BCUT2D eigenvalue weighted by atomic mass is 16.5. The van der Waals surface area contributed by atoms with Gasteiger partial charge in [-0.1, -0.05) is 18.2 Å². The third-order valence-corrected chi connectivity index (χ3v) is 3.12. The first-order valence-electron chi connectivity index (χ1n) is 5.28. The molecule has 0 saturated carbocycles. The first-order chi connectivity index (χ1) is 6.95. The molecule has 3 rings (SSSR count). The van der Waals surface area contributed by atoms with Crippen LogP contribution in [0.15, 0.2) is 24.3 Å². The summed E-state index contributed by atoms with van der Waals surface area (Å²) in [5, 5.41) is 0. The van der Waals surface area contributed by atoms with Gasteiger partial charge in [-0.05, 0) is 18.9 Å². The molecule has 1 saturated heterocycles. The lowest BCUT2D eigenvalue weighted by molar-refractivity contribution is -0.0553. The van der Waals surface area contributed by atoms with Crippen molar-refractivity contribution >= 4 is 0 Å². The molecule has 0 spiro atoms. The Morgan fingerprint density at radius 2 is 2.14 bits per heavy atom. The van der Waals surface area contributed by atoms with E-state index in [2.05, 4.69) is 12.1 Å². The number of ether oxygens (including phenoxy) is 2. The first kappa shape index (κ1) is 8.30. The van der Waals surface area contributed by atoms with E-state index >= 15 is 0 Å². The minimum Gasteiger partial charge on any atom is -0.493 e. The van der Waals surface area contributed by atoms with Gasteiger partial charge in [0.2, 0.25) is 0 Å². The summed E-state index contributed by atoms with van der Waals surface area (Å²) < 4.78 is 11.5. The second kappa shape index (κ2) is 3.28. The predicted octanol–water partition coefficient (Wildman–Crippen LogP) is 2.55. The SMILES string of the molecule is c1ccc2c(c1)OCC1CCCOC21. The predicted molar refractivity (Wildman–Crippen MR) is 53.4 cm³/mol. The van der Waals surface area contributed by atoms with Gasteiger partial charge in [0.15, 0.2) is 0 Å². The average molecular weight is 190 g/mol. The molecule has 1 fully saturated rings. The fourth-order valence-corrected chi connectivity index (χ4v) is 2.40. The zero-order valence-corrected chi connectivity index (χ0v) is 8.11. The van der Waals surface area contributed by atoms with Gasteiger partial charge < -0.3 is 9.47 Å². The highest BCUT2D eigenvalue weighted by Gasteiger charge is 2.33. The Labute approximate surface area is 83.8 Å². The monoisotopic (exact) mass is 190 g/mol. The van der Waals surface area contributed by atoms with E-state index in [1.807, 2.05) is 12.1 Å². The van der Waals surface area contributed by atoms with Crippen LogP contribution in [-0.4, -0.2) is 13.2 Å². The Morgan fingerprint density at radius 1 is 1.21 bits per heavy atom. The quantitative estimate of drug-likeness (QED) is 0.626. The van der Waals surface area contributed by atoms with Crippen LogP contribution >= 0.6 is 0 Å². The van der Waals surface area contributed by atoms with Gasteiger partial charge in [0.1, 0.15) is 5.75 Å². The summed E-state index contributed by atoms with van der Waals surface area (Å²) in [6.07, 6.45) is 2.69. The summed E-state index contributed by atoms with van der Waals surface area (Å²) in [5.41, 5.74) is 1.24. The molecule has 0 radical (unpaired) electrons. The lowest BCUT2D eigenvalue weighted by Gasteiger charge is -2.36. The summed E-state index contributed by atoms with van der Waals surface area (Å²) in [7, 11) is 0. The van der Waals surface area contributed by atoms with Crippen LogP contribution in [0.1, 0.15) is 24.5 Å². The molecule has 2 heterocycles. The van der Waals surface area contributed by atoms with Crippen molar-refractivity contribution in [2.24, 2.45) is 5.92 Å². The van der Waals surface area contributed by atoms with Crippen molar-refractivity contribution in [2.45, 2.75) is 18.9 Å². The summed E-state index contributed by atoms with van der Waals surface area (Å²) >= 11 is 0. The zero-order chi connectivity index (χ0) is 9.38. The number of fused-ring (bicyclic) bond motifs is 3. The summed E-state index contributed by atoms with van der Waals surface area (Å²) in [5.74, 6) is 1.58. The van der Waals surface area contributed by atoms with Gasteiger partial charge in [-0.2, -0.15) is 0 Å². The largest absolute Gasteiger partial charge is 0.493 e. The molecule has 2 heteroatoms. The van der Waals surface area contributed by atoms with Crippen molar-refractivity contribution in [3.8, 4) is 5.75 Å². The molecule has 14 heavy (non-hydrogen) atoms. The Hall–Kier alpha value is -1.02. The molecule has 0 amide bonds. The Bertz CT molecular complexity index is 335. The fraction of sp³-hybridized carbons (Fsp3) is 0.500. The van der Waals surface area contributed by atoms with Crippen LogP contribution in [0.25, 0.3) is 0 Å². The van der Waals surface area contributed by atoms with Crippen molar-refractivity contribution in [2.75, 3.05) is 13.2 Å². The van der Waals surface area contributed by atoms with Gasteiger partial charge in [-0.3, -0.25) is 0 Å². The molecule has 2 unspecified atom stereocenters. The normalized spacial score (nSPS) is 30.0. The Balaban J connectivity index is 1.99. The number of hydrogen-bond donors (Lipinski definition) is 0. The molecule has 2 aliphatic heterocycles. The second-order valence-electron chi connectivity index (χ2n) is 4.04. The molecule has 2 aliphatic rings. The maximum atomic E-state index is 5.83. The van der Waals surface area contributed by atoms with E-state index in [-0.39, 0.29) is 6.10 Å². The lowest BCUT2D eigenvalue weighted by Crippen LogP contribution is -2.31. The minimum atomic E-state index is 0.286. The average Bonchev–Trinajstić information content (AvgIpc) is 2.29. The van der Waals surface area contributed by atoms with Gasteiger partial charge in [0, 0.05) is 18.1 Å². The number of para-hydroxylation sites is 1. The van der Waals surface area contributed by atoms with Crippen LogP contribution in [-0.2, 0) is 4.74 Å². The molecular formula is C12H14O2. The van der Waals surface area contributed by atoms with Crippen LogP contribution in [0, 0.1) is 5.92 Å². The molecular weight excluding hydrogens is 176 g/mol. The van der Waals surface area contributed by atoms with E-state index in [0.717, 1.165) is 19.0 Å². The topological polar surface area (TPSA) is 18.5 Å². The molecule has 0 bridgehead atoms. The van der Waals surface area contributed by atoms with Crippen LogP contribution in [0.3, 0.4) is 0 Å². The van der Waals surface area contributed by atoms with E-state index < -0.39 is 0 Å². The van der Waals surface area contributed by atoms with Gasteiger partial charge in [0.25, 0.3) is 0 Å². The van der Waals surface area contributed by atoms with E-state index in [1.165, 1.54) is 18.4 Å². The number of hydrogen-bond acceptors (Lipinski definition) is 2. The zero-order valence-electron chi connectivity index (χ0n) is 8.11. The first-order valence-corrected chi connectivity index (χ1v) is 5.28. The van der Waals surface area contributed by atoms with E-state index in [9.17, 15) is 0 Å². The number of rotatable bonds is 0. The van der Waals surface area contributed by atoms with E-state index in [4.69, 9.17) is 9.47 Å². The summed E-state index contributed by atoms with van der Waals surface area (Å²) in [6.45, 7) is 1.72. The Morgan fingerprint density at radius 3 is 3.14 bits per heavy atom. The third kappa shape index (κ3) is 1.22. The lowest BCUT2D eigenvalue weighted by atomic mass is 9.88. The third-order valence-electron chi connectivity index (χ3n) is 3.12. The minimum absolute atomic E-state index is 0.286. The highest BCUT2D eigenvalue weighted by molar-refractivity contribution is 5.37. The molecule has 0 N–H and O–H groups in total. The summed E-state index contributed by atoms with van der Waals surface area (Å²) in [4.78, 5) is 0. The maximum Gasteiger partial charge on any atom is 0.125 e. The van der Waals surface area contributed by atoms with Crippen molar-refractivity contribution in [3.63, 3.8) is 0 Å². The van der Waals surface area contributed by atoms with Gasteiger partial charge in [-0.25, -0.2) is 0 Å².